The van der Waals surface area contributed by atoms with Crippen molar-refractivity contribution in [1.82, 2.24) is 9.97 Å². The van der Waals surface area contributed by atoms with E-state index in [-0.39, 0.29) is 0 Å². The average molecular weight is 402 g/mol. The van der Waals surface area contributed by atoms with Gasteiger partial charge in [0.2, 0.25) is 0 Å². The van der Waals surface area contributed by atoms with E-state index in [9.17, 15) is 0 Å². The van der Waals surface area contributed by atoms with Gasteiger partial charge < -0.3 is 0 Å². The summed E-state index contributed by atoms with van der Waals surface area (Å²) < 4.78 is 1.03. The van der Waals surface area contributed by atoms with Crippen molar-refractivity contribution in [3.8, 4) is 11.1 Å². The molecule has 4 heteroatoms. The summed E-state index contributed by atoms with van der Waals surface area (Å²) in [6, 6.07) is 28.4. The van der Waals surface area contributed by atoms with Crippen LogP contribution in [0.4, 0.5) is 17.3 Å². The van der Waals surface area contributed by atoms with E-state index in [0.29, 0.717) is 0 Å². The van der Waals surface area contributed by atoms with E-state index in [1.165, 1.54) is 5.56 Å². The van der Waals surface area contributed by atoms with E-state index in [2.05, 4.69) is 56.2 Å². The summed E-state index contributed by atoms with van der Waals surface area (Å²) in [5.74, 6) is 1.65. The monoisotopic (exact) mass is 401 g/mol. The molecule has 4 aromatic rings. The molecule has 0 radical (unpaired) electrons. The normalized spacial score (nSPS) is 10.5. The van der Waals surface area contributed by atoms with Crippen LogP contribution in [-0.4, -0.2) is 9.97 Å². The van der Waals surface area contributed by atoms with Gasteiger partial charge in [-0.2, -0.15) is 0 Å². The fourth-order valence-electron chi connectivity index (χ4n) is 2.85. The second kappa shape index (κ2) is 7.50. The number of halogens is 1. The van der Waals surface area contributed by atoms with Crippen molar-refractivity contribution in [1.29, 1.82) is 0 Å². The Morgan fingerprint density at radius 3 is 1.81 bits per heavy atom. The molecule has 2 aromatic carbocycles. The molecule has 0 spiro atoms. The van der Waals surface area contributed by atoms with Gasteiger partial charge in [0, 0.05) is 16.9 Å². The molecule has 0 bridgehead atoms. The second-order valence-electron chi connectivity index (χ2n) is 5.74. The Balaban J connectivity index is 1.81. The van der Waals surface area contributed by atoms with Gasteiger partial charge in [-0.1, -0.05) is 64.5 Å². The molecule has 26 heavy (non-hydrogen) atoms. The van der Waals surface area contributed by atoms with Gasteiger partial charge in [-0.3, -0.25) is 4.90 Å². The molecule has 126 valence electrons. The summed E-state index contributed by atoms with van der Waals surface area (Å²) in [7, 11) is 0. The minimum atomic E-state index is 0.825. The zero-order valence-electron chi connectivity index (χ0n) is 14.0. The summed E-state index contributed by atoms with van der Waals surface area (Å²) in [4.78, 5) is 11.1. The first-order valence-corrected chi connectivity index (χ1v) is 9.09. The van der Waals surface area contributed by atoms with Crippen LogP contribution in [0.1, 0.15) is 0 Å². The molecule has 4 rings (SSSR count). The first-order chi connectivity index (χ1) is 12.8. The van der Waals surface area contributed by atoms with Crippen LogP contribution in [0.15, 0.2) is 102 Å². The smallest absolute Gasteiger partial charge is 0.138 e. The van der Waals surface area contributed by atoms with Crippen LogP contribution < -0.4 is 4.90 Å². The van der Waals surface area contributed by atoms with Gasteiger partial charge in [-0.25, -0.2) is 9.97 Å². The third kappa shape index (κ3) is 3.37. The van der Waals surface area contributed by atoms with E-state index < -0.39 is 0 Å². The highest BCUT2D eigenvalue weighted by Gasteiger charge is 2.15. The highest BCUT2D eigenvalue weighted by molar-refractivity contribution is 9.10. The molecule has 0 fully saturated rings. The van der Waals surface area contributed by atoms with Gasteiger partial charge in [-0.15, -0.1) is 0 Å². The van der Waals surface area contributed by atoms with Crippen molar-refractivity contribution in [3.05, 3.63) is 102 Å². The number of pyridine rings is 2. The Bertz CT molecular complexity index is 950. The van der Waals surface area contributed by atoms with E-state index in [0.717, 1.165) is 27.4 Å². The van der Waals surface area contributed by atoms with Crippen LogP contribution in [-0.2, 0) is 0 Å². The van der Waals surface area contributed by atoms with Crippen molar-refractivity contribution < 1.29 is 0 Å². The molecule has 2 heterocycles. The summed E-state index contributed by atoms with van der Waals surface area (Å²) in [6.07, 6.45) is 3.58. The highest BCUT2D eigenvalue weighted by Crippen LogP contribution is 2.37. The van der Waals surface area contributed by atoms with Gasteiger partial charge in [0.1, 0.15) is 11.6 Å². The highest BCUT2D eigenvalue weighted by atomic mass is 79.9. The predicted octanol–water partition coefficient (Wildman–Crippen LogP) is 6.38. The molecule has 0 aliphatic heterocycles. The van der Waals surface area contributed by atoms with Crippen molar-refractivity contribution in [3.63, 3.8) is 0 Å². The van der Waals surface area contributed by atoms with Crippen LogP contribution in [0, 0.1) is 0 Å². The largest absolute Gasteiger partial charge is 0.279 e. The number of hydrogen-bond donors (Lipinski definition) is 0. The molecule has 0 amide bonds. The van der Waals surface area contributed by atoms with Gasteiger partial charge in [0.25, 0.3) is 0 Å². The number of nitrogens with zero attached hydrogens (tertiary/aromatic N) is 3. The lowest BCUT2D eigenvalue weighted by Crippen LogP contribution is -2.12. The lowest BCUT2D eigenvalue weighted by Gasteiger charge is -2.23. The maximum Gasteiger partial charge on any atom is 0.138 e. The Labute approximate surface area is 161 Å². The van der Waals surface area contributed by atoms with Crippen LogP contribution in [0.5, 0.6) is 0 Å². The zero-order valence-corrected chi connectivity index (χ0v) is 15.5. The third-order valence-electron chi connectivity index (χ3n) is 4.05. The van der Waals surface area contributed by atoms with Gasteiger partial charge in [0.15, 0.2) is 0 Å². The molecular formula is C22H16BrN3. The second-order valence-corrected chi connectivity index (χ2v) is 6.60. The molecule has 0 saturated heterocycles. The summed E-state index contributed by atoms with van der Waals surface area (Å²) in [5.41, 5.74) is 3.32. The number of hydrogen-bond acceptors (Lipinski definition) is 3. The number of aromatic nitrogens is 2. The van der Waals surface area contributed by atoms with Crippen LogP contribution in [0.25, 0.3) is 11.1 Å². The minimum Gasteiger partial charge on any atom is -0.279 e. The standard InChI is InChI=1S/C22H16BrN3/c23-20-16-18(12-13-19(20)17-8-2-1-3-9-17)26(21-10-4-6-14-24-21)22-11-5-7-15-25-22/h1-16H. The van der Waals surface area contributed by atoms with E-state index in [1.807, 2.05) is 59.5 Å². The molecule has 2 aromatic heterocycles. The van der Waals surface area contributed by atoms with Crippen molar-refractivity contribution >= 4 is 33.3 Å². The topological polar surface area (TPSA) is 29.0 Å². The molecule has 0 saturated carbocycles. The molecule has 3 nitrogen and oxygen atoms in total. The van der Waals surface area contributed by atoms with E-state index in [1.54, 1.807) is 12.4 Å². The number of benzene rings is 2. The van der Waals surface area contributed by atoms with Crippen LogP contribution in [0.2, 0.25) is 0 Å². The SMILES string of the molecule is Brc1cc(N(c2ccccn2)c2ccccn2)ccc1-c1ccccc1. The number of anilines is 3. The molecule has 0 unspecified atom stereocenters. The summed E-state index contributed by atoms with van der Waals surface area (Å²) in [6.45, 7) is 0. The van der Waals surface area contributed by atoms with Crippen molar-refractivity contribution in [2.24, 2.45) is 0 Å². The summed E-state index contributed by atoms with van der Waals surface area (Å²) >= 11 is 3.73. The predicted molar refractivity (Wildman–Crippen MR) is 110 cm³/mol. The lowest BCUT2D eigenvalue weighted by atomic mass is 10.1. The first kappa shape index (κ1) is 16.5. The van der Waals surface area contributed by atoms with Crippen molar-refractivity contribution in [2.75, 3.05) is 4.90 Å². The van der Waals surface area contributed by atoms with Gasteiger partial charge in [0.05, 0.1) is 5.69 Å². The Kier molecular flexibility index (Phi) is 4.75. The average Bonchev–Trinajstić information content (AvgIpc) is 2.71. The maximum absolute atomic E-state index is 4.51. The van der Waals surface area contributed by atoms with Gasteiger partial charge >= 0.3 is 0 Å². The van der Waals surface area contributed by atoms with Crippen molar-refractivity contribution in [2.45, 2.75) is 0 Å². The minimum absolute atomic E-state index is 0.825. The fourth-order valence-corrected chi connectivity index (χ4v) is 3.44. The van der Waals surface area contributed by atoms with E-state index in [4.69, 9.17) is 0 Å². The Morgan fingerprint density at radius 1 is 0.654 bits per heavy atom. The first-order valence-electron chi connectivity index (χ1n) is 8.30. The molecule has 0 aliphatic rings. The Hall–Kier alpha value is -2.98. The van der Waals surface area contributed by atoms with Gasteiger partial charge in [-0.05, 0) is 47.5 Å². The third-order valence-corrected chi connectivity index (χ3v) is 4.71. The quantitative estimate of drug-likeness (QED) is 0.397. The lowest BCUT2D eigenvalue weighted by molar-refractivity contribution is 1.12. The van der Waals surface area contributed by atoms with Crippen LogP contribution in [0.3, 0.4) is 0 Å². The fraction of sp³-hybridized carbons (Fsp3) is 0. The maximum atomic E-state index is 4.51. The molecular weight excluding hydrogens is 386 g/mol. The Morgan fingerprint density at radius 2 is 1.27 bits per heavy atom. The molecule has 0 N–H and O–H groups in total. The van der Waals surface area contributed by atoms with E-state index >= 15 is 0 Å². The zero-order chi connectivity index (χ0) is 17.8. The summed E-state index contributed by atoms with van der Waals surface area (Å²) in [5, 5.41) is 0. The molecule has 0 aliphatic carbocycles. The molecule has 0 atom stereocenters. The number of rotatable bonds is 4. The van der Waals surface area contributed by atoms with Crippen LogP contribution >= 0.6 is 15.9 Å².